The van der Waals surface area contributed by atoms with Crippen LogP contribution in [-0.4, -0.2) is 26.2 Å². The molecule has 0 amide bonds. The summed E-state index contributed by atoms with van der Waals surface area (Å²) in [5, 5.41) is 6.82. The summed E-state index contributed by atoms with van der Waals surface area (Å²) in [5.41, 5.74) is 2.61. The van der Waals surface area contributed by atoms with E-state index in [1.54, 1.807) is 0 Å². The molecule has 3 rings (SSSR count). The highest BCUT2D eigenvalue weighted by Gasteiger charge is 2.15. The number of hydrogen-bond donors (Lipinski definition) is 2. The van der Waals surface area contributed by atoms with Gasteiger partial charge >= 0.3 is 0 Å². The second-order valence-corrected chi connectivity index (χ2v) is 5.00. The predicted octanol–water partition coefficient (Wildman–Crippen LogP) is 2.03. The van der Waals surface area contributed by atoms with E-state index in [1.165, 1.54) is 43.6 Å². The minimum Gasteiger partial charge on any atom is -0.490 e. The van der Waals surface area contributed by atoms with Crippen molar-refractivity contribution in [1.82, 2.24) is 5.32 Å². The molecule has 2 aliphatic heterocycles. The molecule has 0 spiro atoms. The molecular formula is C14H20N2O. The van der Waals surface area contributed by atoms with Gasteiger partial charge in [0.25, 0.3) is 0 Å². The molecule has 0 atom stereocenters. The third-order valence-corrected chi connectivity index (χ3v) is 3.70. The van der Waals surface area contributed by atoms with Gasteiger partial charge in [0.2, 0.25) is 0 Å². The molecule has 1 aromatic carbocycles. The van der Waals surface area contributed by atoms with Crippen LogP contribution < -0.4 is 15.4 Å². The van der Waals surface area contributed by atoms with Crippen molar-refractivity contribution in [2.45, 2.75) is 19.3 Å². The highest BCUT2D eigenvalue weighted by atomic mass is 16.5. The molecule has 0 saturated carbocycles. The molecule has 1 saturated heterocycles. The number of rotatable bonds is 2. The lowest BCUT2D eigenvalue weighted by Gasteiger charge is -2.24. The number of hydrogen-bond acceptors (Lipinski definition) is 3. The molecule has 0 bridgehead atoms. The predicted molar refractivity (Wildman–Crippen MR) is 69.7 cm³/mol. The summed E-state index contributed by atoms with van der Waals surface area (Å²) in [5.74, 6) is 1.85. The zero-order chi connectivity index (χ0) is 11.5. The molecule has 0 unspecified atom stereocenters. The van der Waals surface area contributed by atoms with Crippen molar-refractivity contribution in [3.8, 4) is 5.75 Å². The molecule has 0 aromatic heterocycles. The van der Waals surface area contributed by atoms with Crippen LogP contribution in [0.1, 0.15) is 18.4 Å². The van der Waals surface area contributed by atoms with Gasteiger partial charge in [0.1, 0.15) is 12.4 Å². The highest BCUT2D eigenvalue weighted by Crippen LogP contribution is 2.29. The second kappa shape index (κ2) is 4.96. The minimum absolute atomic E-state index is 0.778. The number of fused-ring (bicyclic) bond motifs is 1. The Hall–Kier alpha value is -1.22. The zero-order valence-electron chi connectivity index (χ0n) is 10.2. The molecule has 0 aliphatic carbocycles. The van der Waals surface area contributed by atoms with E-state index in [9.17, 15) is 0 Å². The number of ether oxygens (including phenoxy) is 1. The molecular weight excluding hydrogens is 212 g/mol. The number of anilines is 1. The fourth-order valence-corrected chi connectivity index (χ4v) is 2.73. The van der Waals surface area contributed by atoms with E-state index in [0.717, 1.165) is 24.8 Å². The van der Waals surface area contributed by atoms with Crippen molar-refractivity contribution in [2.75, 3.05) is 31.6 Å². The van der Waals surface area contributed by atoms with Crippen LogP contribution in [0.25, 0.3) is 0 Å². The lowest BCUT2D eigenvalue weighted by atomic mass is 9.91. The maximum absolute atomic E-state index is 5.60. The quantitative estimate of drug-likeness (QED) is 0.818. The van der Waals surface area contributed by atoms with Gasteiger partial charge in [-0.15, -0.1) is 0 Å². The summed E-state index contributed by atoms with van der Waals surface area (Å²) in [6.45, 7) is 4.05. The monoisotopic (exact) mass is 232 g/mol. The standard InChI is InChI=1S/C14H20N2O/c1-2-14-13(16-7-8-17-14)10-12(1)9-11-3-5-15-6-4-11/h1-2,10-11,15-16H,3-9H2. The average molecular weight is 232 g/mol. The fraction of sp³-hybridized carbons (Fsp3) is 0.571. The summed E-state index contributed by atoms with van der Waals surface area (Å²) in [6.07, 6.45) is 3.82. The molecule has 2 aliphatic rings. The lowest BCUT2D eigenvalue weighted by molar-refractivity contribution is 0.323. The van der Waals surface area contributed by atoms with Crippen molar-refractivity contribution >= 4 is 5.69 Å². The molecule has 0 radical (unpaired) electrons. The van der Waals surface area contributed by atoms with Crippen LogP contribution in [0.15, 0.2) is 18.2 Å². The summed E-state index contributed by atoms with van der Waals surface area (Å²) in [4.78, 5) is 0. The summed E-state index contributed by atoms with van der Waals surface area (Å²) >= 11 is 0. The first-order chi connectivity index (χ1) is 8.42. The van der Waals surface area contributed by atoms with Crippen LogP contribution in [0.4, 0.5) is 5.69 Å². The molecule has 92 valence electrons. The summed E-state index contributed by atoms with van der Waals surface area (Å²) in [6, 6.07) is 6.59. The molecule has 3 nitrogen and oxygen atoms in total. The van der Waals surface area contributed by atoms with Gasteiger partial charge in [-0.1, -0.05) is 6.07 Å². The minimum atomic E-state index is 0.778. The van der Waals surface area contributed by atoms with Crippen LogP contribution in [0, 0.1) is 5.92 Å². The van der Waals surface area contributed by atoms with Crippen LogP contribution in [0.3, 0.4) is 0 Å². The van der Waals surface area contributed by atoms with E-state index in [1.807, 2.05) is 0 Å². The Morgan fingerprint density at radius 1 is 1.18 bits per heavy atom. The summed E-state index contributed by atoms with van der Waals surface area (Å²) in [7, 11) is 0. The SMILES string of the molecule is c1cc2c(cc1CC1CCNCC1)NCCO2. The van der Waals surface area contributed by atoms with Crippen molar-refractivity contribution in [3.63, 3.8) is 0 Å². The number of benzene rings is 1. The maximum atomic E-state index is 5.60. The first kappa shape index (κ1) is 10.9. The molecule has 3 heteroatoms. The molecule has 17 heavy (non-hydrogen) atoms. The molecule has 1 aromatic rings. The van der Waals surface area contributed by atoms with Crippen LogP contribution in [0.5, 0.6) is 5.75 Å². The highest BCUT2D eigenvalue weighted by molar-refractivity contribution is 5.59. The van der Waals surface area contributed by atoms with Crippen LogP contribution in [0.2, 0.25) is 0 Å². The summed E-state index contributed by atoms with van der Waals surface area (Å²) < 4.78 is 5.60. The third-order valence-electron chi connectivity index (χ3n) is 3.70. The first-order valence-corrected chi connectivity index (χ1v) is 6.62. The normalized spacial score (nSPS) is 20.2. The van der Waals surface area contributed by atoms with E-state index >= 15 is 0 Å². The Morgan fingerprint density at radius 2 is 2.06 bits per heavy atom. The van der Waals surface area contributed by atoms with E-state index < -0.39 is 0 Å². The van der Waals surface area contributed by atoms with Crippen molar-refractivity contribution < 1.29 is 4.74 Å². The molecule has 1 fully saturated rings. The van der Waals surface area contributed by atoms with Crippen molar-refractivity contribution in [2.24, 2.45) is 5.92 Å². The van der Waals surface area contributed by atoms with Gasteiger partial charge in [0, 0.05) is 6.54 Å². The Bertz CT molecular complexity index is 386. The average Bonchev–Trinajstić information content (AvgIpc) is 2.40. The smallest absolute Gasteiger partial charge is 0.142 e. The number of piperidine rings is 1. The van der Waals surface area contributed by atoms with Crippen molar-refractivity contribution in [1.29, 1.82) is 0 Å². The van der Waals surface area contributed by atoms with Gasteiger partial charge in [0.15, 0.2) is 0 Å². The van der Waals surface area contributed by atoms with Crippen LogP contribution in [-0.2, 0) is 6.42 Å². The van der Waals surface area contributed by atoms with Gasteiger partial charge < -0.3 is 15.4 Å². The van der Waals surface area contributed by atoms with Gasteiger partial charge in [-0.25, -0.2) is 0 Å². The largest absolute Gasteiger partial charge is 0.490 e. The topological polar surface area (TPSA) is 33.3 Å². The lowest BCUT2D eigenvalue weighted by Crippen LogP contribution is -2.28. The third kappa shape index (κ3) is 2.55. The van der Waals surface area contributed by atoms with Gasteiger partial charge in [0.05, 0.1) is 5.69 Å². The first-order valence-electron chi connectivity index (χ1n) is 6.62. The molecule has 2 N–H and O–H groups in total. The van der Waals surface area contributed by atoms with E-state index in [0.29, 0.717) is 0 Å². The Labute approximate surface area is 103 Å². The fourth-order valence-electron chi connectivity index (χ4n) is 2.73. The Balaban J connectivity index is 1.70. The van der Waals surface area contributed by atoms with Crippen molar-refractivity contribution in [3.05, 3.63) is 23.8 Å². The zero-order valence-corrected chi connectivity index (χ0v) is 10.2. The van der Waals surface area contributed by atoms with Gasteiger partial charge in [-0.05, 0) is 56.0 Å². The Morgan fingerprint density at radius 3 is 2.94 bits per heavy atom. The van der Waals surface area contributed by atoms with Gasteiger partial charge in [-0.2, -0.15) is 0 Å². The van der Waals surface area contributed by atoms with E-state index in [-0.39, 0.29) is 0 Å². The molecule has 2 heterocycles. The maximum Gasteiger partial charge on any atom is 0.142 e. The Kier molecular flexibility index (Phi) is 3.18. The van der Waals surface area contributed by atoms with E-state index in [2.05, 4.69) is 28.8 Å². The van der Waals surface area contributed by atoms with E-state index in [4.69, 9.17) is 4.74 Å². The van der Waals surface area contributed by atoms with Gasteiger partial charge in [-0.3, -0.25) is 0 Å². The van der Waals surface area contributed by atoms with Crippen LogP contribution >= 0.6 is 0 Å². The second-order valence-electron chi connectivity index (χ2n) is 5.00. The number of nitrogens with one attached hydrogen (secondary N) is 2.